The molecule has 1 aliphatic heterocycles. The third-order valence-electron chi connectivity index (χ3n) is 6.56. The Kier molecular flexibility index (Phi) is 6.93. The number of amidine groups is 2. The van der Waals surface area contributed by atoms with E-state index in [2.05, 4.69) is 10.2 Å². The standard InChI is InChI=1S/C25H32N6O2/c26-23(27)16-9-11-18(12-10-16)30-25(32)22-14-21(15-31(22)19-6-2-1-3-7-19)33-20-8-4-5-17(13-20)24(28)29/h4-5,8-13,19,21-22H,1-3,6-7,14-15H2,(H3,26,27)(H3,28,29)(H,30,32). The number of hydrogen-bond acceptors (Lipinski definition) is 5. The van der Waals surface area contributed by atoms with Gasteiger partial charge in [-0.15, -0.1) is 0 Å². The van der Waals surface area contributed by atoms with Crippen LogP contribution in [0.3, 0.4) is 0 Å². The van der Waals surface area contributed by atoms with Gasteiger partial charge in [-0.25, -0.2) is 0 Å². The molecule has 8 heteroatoms. The lowest BCUT2D eigenvalue weighted by Gasteiger charge is -2.34. The van der Waals surface area contributed by atoms with Gasteiger partial charge >= 0.3 is 0 Å². The van der Waals surface area contributed by atoms with Gasteiger partial charge in [-0.05, 0) is 49.2 Å². The van der Waals surface area contributed by atoms with Crippen LogP contribution in [-0.2, 0) is 4.79 Å². The van der Waals surface area contributed by atoms with Crippen molar-refractivity contribution in [1.82, 2.24) is 4.90 Å². The first-order valence-electron chi connectivity index (χ1n) is 11.5. The Balaban J connectivity index is 1.48. The van der Waals surface area contributed by atoms with Gasteiger partial charge in [0, 0.05) is 35.8 Å². The Morgan fingerprint density at radius 3 is 2.33 bits per heavy atom. The van der Waals surface area contributed by atoms with Crippen LogP contribution in [0, 0.1) is 10.8 Å². The third kappa shape index (κ3) is 5.51. The molecule has 1 heterocycles. The molecule has 1 aliphatic carbocycles. The number of anilines is 1. The first-order chi connectivity index (χ1) is 15.9. The number of carbonyl (C=O) groups is 1. The summed E-state index contributed by atoms with van der Waals surface area (Å²) in [5.74, 6) is 0.627. The fourth-order valence-electron chi connectivity index (χ4n) is 4.87. The van der Waals surface area contributed by atoms with Crippen molar-refractivity contribution < 1.29 is 9.53 Å². The van der Waals surface area contributed by atoms with E-state index in [0.29, 0.717) is 41.6 Å². The summed E-state index contributed by atoms with van der Waals surface area (Å²) in [6.45, 7) is 0.691. The Bertz CT molecular complexity index is 1020. The normalized spacial score (nSPS) is 21.5. The van der Waals surface area contributed by atoms with Crippen molar-refractivity contribution in [3.05, 3.63) is 59.7 Å². The van der Waals surface area contributed by atoms with Gasteiger partial charge < -0.3 is 21.5 Å². The van der Waals surface area contributed by atoms with Crippen molar-refractivity contribution in [2.75, 3.05) is 11.9 Å². The van der Waals surface area contributed by atoms with Crippen molar-refractivity contribution in [3.63, 3.8) is 0 Å². The maximum Gasteiger partial charge on any atom is 0.241 e. The second-order valence-electron chi connectivity index (χ2n) is 8.90. The molecule has 4 rings (SSSR count). The van der Waals surface area contributed by atoms with E-state index < -0.39 is 0 Å². The maximum absolute atomic E-state index is 13.3. The van der Waals surface area contributed by atoms with Crippen LogP contribution in [0.1, 0.15) is 49.7 Å². The maximum atomic E-state index is 13.3. The van der Waals surface area contributed by atoms with Crippen molar-refractivity contribution in [3.8, 4) is 5.75 Å². The zero-order chi connectivity index (χ0) is 23.4. The molecule has 2 atom stereocenters. The third-order valence-corrected chi connectivity index (χ3v) is 6.56. The summed E-state index contributed by atoms with van der Waals surface area (Å²) in [4.78, 5) is 15.6. The summed E-state index contributed by atoms with van der Waals surface area (Å²) in [7, 11) is 0. The number of nitrogens with zero attached hydrogens (tertiary/aromatic N) is 1. The fourth-order valence-corrected chi connectivity index (χ4v) is 4.87. The van der Waals surface area contributed by atoms with E-state index in [-0.39, 0.29) is 29.7 Å². The van der Waals surface area contributed by atoms with E-state index in [9.17, 15) is 4.79 Å². The molecular formula is C25H32N6O2. The molecule has 7 N–H and O–H groups in total. The molecule has 0 bridgehead atoms. The van der Waals surface area contributed by atoms with E-state index >= 15 is 0 Å². The van der Waals surface area contributed by atoms with E-state index in [0.717, 1.165) is 12.8 Å². The van der Waals surface area contributed by atoms with Gasteiger partial charge in [-0.1, -0.05) is 31.4 Å². The first kappa shape index (κ1) is 22.8. The number of likely N-dealkylation sites (tertiary alicyclic amines) is 1. The molecule has 8 nitrogen and oxygen atoms in total. The van der Waals surface area contributed by atoms with Gasteiger partial charge in [0.15, 0.2) is 0 Å². The zero-order valence-corrected chi connectivity index (χ0v) is 18.7. The smallest absolute Gasteiger partial charge is 0.241 e. The molecule has 2 fully saturated rings. The van der Waals surface area contributed by atoms with E-state index in [4.69, 9.17) is 27.0 Å². The first-order valence-corrected chi connectivity index (χ1v) is 11.5. The van der Waals surface area contributed by atoms with Gasteiger partial charge in [0.05, 0.1) is 6.04 Å². The van der Waals surface area contributed by atoms with Crippen molar-refractivity contribution >= 4 is 23.3 Å². The number of nitrogens with one attached hydrogen (secondary N) is 3. The zero-order valence-electron chi connectivity index (χ0n) is 18.7. The van der Waals surface area contributed by atoms with Crippen LogP contribution in [0.4, 0.5) is 5.69 Å². The number of rotatable bonds is 7. The predicted molar refractivity (Wildman–Crippen MR) is 130 cm³/mol. The van der Waals surface area contributed by atoms with Gasteiger partial charge in [-0.2, -0.15) is 0 Å². The molecule has 2 aliphatic rings. The minimum absolute atomic E-state index is 0.000904. The molecular weight excluding hydrogens is 416 g/mol. The minimum Gasteiger partial charge on any atom is -0.489 e. The molecule has 2 unspecified atom stereocenters. The van der Waals surface area contributed by atoms with Crippen LogP contribution in [-0.4, -0.2) is 47.2 Å². The Labute approximate surface area is 194 Å². The van der Waals surface area contributed by atoms with Crippen LogP contribution in [0.15, 0.2) is 48.5 Å². The number of nitrogens with two attached hydrogens (primary N) is 2. The summed E-state index contributed by atoms with van der Waals surface area (Å²) in [5, 5.41) is 18.2. The molecule has 1 saturated heterocycles. The highest BCUT2D eigenvalue weighted by Gasteiger charge is 2.41. The lowest BCUT2D eigenvalue weighted by atomic mass is 9.93. The fraction of sp³-hybridized carbons (Fsp3) is 0.400. The number of amides is 1. The molecule has 0 radical (unpaired) electrons. The van der Waals surface area contributed by atoms with Crippen LogP contribution < -0.4 is 21.5 Å². The average Bonchev–Trinajstić information content (AvgIpc) is 3.24. The second-order valence-corrected chi connectivity index (χ2v) is 8.90. The van der Waals surface area contributed by atoms with Gasteiger partial charge in [0.1, 0.15) is 23.5 Å². The molecule has 33 heavy (non-hydrogen) atoms. The van der Waals surface area contributed by atoms with E-state index in [1.807, 2.05) is 12.1 Å². The number of carbonyl (C=O) groups excluding carboxylic acids is 1. The molecule has 0 aromatic heterocycles. The molecule has 1 saturated carbocycles. The largest absolute Gasteiger partial charge is 0.489 e. The molecule has 1 amide bonds. The SMILES string of the molecule is N=C(N)c1ccc(NC(=O)C2CC(Oc3cccc(C(=N)N)c3)CN2C2CCCCC2)cc1. The summed E-state index contributed by atoms with van der Waals surface area (Å²) in [6.07, 6.45) is 6.31. The van der Waals surface area contributed by atoms with Gasteiger partial charge in [0.25, 0.3) is 0 Å². The second kappa shape index (κ2) is 10.0. The molecule has 2 aromatic carbocycles. The Hall–Kier alpha value is -3.39. The van der Waals surface area contributed by atoms with Crippen molar-refractivity contribution in [2.45, 2.75) is 56.7 Å². The average molecular weight is 449 g/mol. The number of hydrogen-bond donors (Lipinski definition) is 5. The van der Waals surface area contributed by atoms with Gasteiger partial charge in [0.2, 0.25) is 5.91 Å². The summed E-state index contributed by atoms with van der Waals surface area (Å²) in [6, 6.07) is 14.4. The minimum atomic E-state index is -0.276. The van der Waals surface area contributed by atoms with E-state index in [1.165, 1.54) is 19.3 Å². The molecule has 0 spiro atoms. The highest BCUT2D eigenvalue weighted by atomic mass is 16.5. The predicted octanol–water partition coefficient (Wildman–Crippen LogP) is 3.05. The van der Waals surface area contributed by atoms with Crippen LogP contribution >= 0.6 is 0 Å². The lowest BCUT2D eigenvalue weighted by molar-refractivity contribution is -0.121. The van der Waals surface area contributed by atoms with Gasteiger partial charge in [-0.3, -0.25) is 20.5 Å². The Morgan fingerprint density at radius 1 is 0.970 bits per heavy atom. The lowest BCUT2D eigenvalue weighted by Crippen LogP contribution is -2.46. The molecule has 174 valence electrons. The van der Waals surface area contributed by atoms with Crippen molar-refractivity contribution in [2.24, 2.45) is 11.5 Å². The number of nitrogen functional groups attached to an aromatic ring is 2. The van der Waals surface area contributed by atoms with Crippen molar-refractivity contribution in [1.29, 1.82) is 10.8 Å². The summed E-state index contributed by atoms with van der Waals surface area (Å²) >= 11 is 0. The highest BCUT2D eigenvalue weighted by Crippen LogP contribution is 2.32. The Morgan fingerprint density at radius 2 is 1.67 bits per heavy atom. The van der Waals surface area contributed by atoms with Crippen LogP contribution in [0.25, 0.3) is 0 Å². The number of benzene rings is 2. The van der Waals surface area contributed by atoms with Crippen LogP contribution in [0.5, 0.6) is 5.75 Å². The topological polar surface area (TPSA) is 141 Å². The molecule has 2 aromatic rings. The van der Waals surface area contributed by atoms with E-state index in [1.54, 1.807) is 36.4 Å². The monoisotopic (exact) mass is 448 g/mol. The summed E-state index contributed by atoms with van der Waals surface area (Å²) in [5.41, 5.74) is 13.1. The number of ether oxygens (including phenoxy) is 1. The quantitative estimate of drug-likeness (QED) is 0.327. The summed E-state index contributed by atoms with van der Waals surface area (Å²) < 4.78 is 6.25. The van der Waals surface area contributed by atoms with Crippen LogP contribution in [0.2, 0.25) is 0 Å². The highest BCUT2D eigenvalue weighted by molar-refractivity contribution is 5.97.